The predicted molar refractivity (Wildman–Crippen MR) is 96.9 cm³/mol. The first-order chi connectivity index (χ1) is 12.5. The number of amides is 2. The maximum Gasteiger partial charge on any atom is 0.228 e. The second kappa shape index (κ2) is 6.76. The zero-order chi connectivity index (χ0) is 18.3. The molecule has 7 heteroatoms. The summed E-state index contributed by atoms with van der Waals surface area (Å²) < 4.78 is 5.72. The smallest absolute Gasteiger partial charge is 0.228 e. The van der Waals surface area contributed by atoms with Crippen LogP contribution in [0.4, 0.5) is 5.69 Å². The topological polar surface area (TPSA) is 66.7 Å². The van der Waals surface area contributed by atoms with Crippen molar-refractivity contribution in [2.45, 2.75) is 31.7 Å². The average molecular weight is 374 g/mol. The van der Waals surface area contributed by atoms with Crippen molar-refractivity contribution >= 4 is 29.1 Å². The number of rotatable bonds is 5. The molecule has 2 fully saturated rings. The van der Waals surface area contributed by atoms with Gasteiger partial charge in [0, 0.05) is 36.6 Å². The SMILES string of the molecule is CN(Cc1ncc(C2CC2)o1)C(=O)C1CC(=O)N(c2ccc(Cl)cc2)C1. The van der Waals surface area contributed by atoms with Gasteiger partial charge in [-0.25, -0.2) is 4.98 Å². The summed E-state index contributed by atoms with van der Waals surface area (Å²) in [4.78, 5) is 32.6. The van der Waals surface area contributed by atoms with Crippen LogP contribution >= 0.6 is 11.6 Å². The molecule has 1 aliphatic heterocycles. The van der Waals surface area contributed by atoms with Crippen LogP contribution in [0.25, 0.3) is 0 Å². The third kappa shape index (κ3) is 3.46. The van der Waals surface area contributed by atoms with Crippen LogP contribution in [0.3, 0.4) is 0 Å². The third-order valence-corrected chi connectivity index (χ3v) is 5.16. The number of oxazole rings is 1. The number of anilines is 1. The van der Waals surface area contributed by atoms with Gasteiger partial charge in [0.15, 0.2) is 0 Å². The van der Waals surface area contributed by atoms with Gasteiger partial charge >= 0.3 is 0 Å². The van der Waals surface area contributed by atoms with Gasteiger partial charge in [0.1, 0.15) is 5.76 Å². The van der Waals surface area contributed by atoms with Crippen LogP contribution in [0, 0.1) is 5.92 Å². The molecule has 0 radical (unpaired) electrons. The maximum atomic E-state index is 12.7. The second-order valence-electron chi connectivity index (χ2n) is 7.01. The molecular weight excluding hydrogens is 354 g/mol. The van der Waals surface area contributed by atoms with Gasteiger partial charge < -0.3 is 14.2 Å². The highest BCUT2D eigenvalue weighted by atomic mass is 35.5. The molecule has 1 saturated heterocycles. The lowest BCUT2D eigenvalue weighted by molar-refractivity contribution is -0.135. The van der Waals surface area contributed by atoms with Crippen molar-refractivity contribution in [1.29, 1.82) is 0 Å². The molecule has 4 rings (SSSR count). The Morgan fingerprint density at radius 1 is 1.35 bits per heavy atom. The standard InChI is InChI=1S/C19H20ClN3O3/c1-22(11-17-21-9-16(26-17)12-2-3-12)19(25)13-8-18(24)23(10-13)15-6-4-14(20)5-7-15/h4-7,9,12-13H,2-3,8,10-11H2,1H3. The molecule has 1 saturated carbocycles. The molecule has 26 heavy (non-hydrogen) atoms. The van der Waals surface area contributed by atoms with Crippen molar-refractivity contribution < 1.29 is 14.0 Å². The Labute approximate surface area is 156 Å². The van der Waals surface area contributed by atoms with Crippen LogP contribution in [0.2, 0.25) is 5.02 Å². The average Bonchev–Trinajstić information content (AvgIpc) is 3.26. The third-order valence-electron chi connectivity index (χ3n) is 4.91. The molecule has 0 bridgehead atoms. The minimum absolute atomic E-state index is 0.0498. The van der Waals surface area contributed by atoms with E-state index >= 15 is 0 Å². The summed E-state index contributed by atoms with van der Waals surface area (Å²) in [7, 11) is 1.72. The van der Waals surface area contributed by atoms with Crippen LogP contribution in [-0.4, -0.2) is 35.3 Å². The Bertz CT molecular complexity index is 829. The van der Waals surface area contributed by atoms with E-state index < -0.39 is 0 Å². The summed E-state index contributed by atoms with van der Waals surface area (Å²) in [6.45, 7) is 0.694. The number of nitrogens with zero attached hydrogens (tertiary/aromatic N) is 3. The highest BCUT2D eigenvalue weighted by Crippen LogP contribution is 2.40. The molecule has 1 aromatic heterocycles. The Morgan fingerprint density at radius 3 is 2.77 bits per heavy atom. The van der Waals surface area contributed by atoms with Crippen molar-refractivity contribution in [3.8, 4) is 0 Å². The van der Waals surface area contributed by atoms with Crippen molar-refractivity contribution in [2.24, 2.45) is 5.92 Å². The van der Waals surface area contributed by atoms with Crippen molar-refractivity contribution in [3.05, 3.63) is 47.1 Å². The largest absolute Gasteiger partial charge is 0.443 e. The summed E-state index contributed by atoms with van der Waals surface area (Å²) in [6, 6.07) is 7.07. The number of hydrogen-bond acceptors (Lipinski definition) is 4. The lowest BCUT2D eigenvalue weighted by Crippen LogP contribution is -2.34. The lowest BCUT2D eigenvalue weighted by atomic mass is 10.1. The van der Waals surface area contributed by atoms with Crippen LogP contribution in [-0.2, 0) is 16.1 Å². The zero-order valence-electron chi connectivity index (χ0n) is 14.5. The van der Waals surface area contributed by atoms with Crippen molar-refractivity contribution in [2.75, 3.05) is 18.5 Å². The molecule has 1 aliphatic carbocycles. The van der Waals surface area contributed by atoms with Crippen LogP contribution in [0.15, 0.2) is 34.9 Å². The zero-order valence-corrected chi connectivity index (χ0v) is 15.3. The summed E-state index contributed by atoms with van der Waals surface area (Å²) in [5.74, 6) is 1.47. The van der Waals surface area contributed by atoms with E-state index in [1.807, 2.05) is 0 Å². The Hall–Kier alpha value is -2.34. The molecule has 136 valence electrons. The van der Waals surface area contributed by atoms with Crippen LogP contribution < -0.4 is 4.90 Å². The van der Waals surface area contributed by atoms with E-state index in [9.17, 15) is 9.59 Å². The first kappa shape index (κ1) is 17.1. The summed E-state index contributed by atoms with van der Waals surface area (Å²) >= 11 is 5.90. The van der Waals surface area contributed by atoms with E-state index in [-0.39, 0.29) is 24.2 Å². The molecular formula is C19H20ClN3O3. The molecule has 2 heterocycles. The Balaban J connectivity index is 1.39. The Morgan fingerprint density at radius 2 is 2.08 bits per heavy atom. The van der Waals surface area contributed by atoms with E-state index in [1.54, 1.807) is 47.3 Å². The molecule has 2 aliphatic rings. The normalized spacial score (nSPS) is 19.8. The fraction of sp³-hybridized carbons (Fsp3) is 0.421. The van der Waals surface area contributed by atoms with Gasteiger partial charge in [0.25, 0.3) is 0 Å². The molecule has 2 amide bonds. The first-order valence-corrected chi connectivity index (χ1v) is 9.14. The van der Waals surface area contributed by atoms with E-state index in [0.717, 1.165) is 24.3 Å². The Kier molecular flexibility index (Phi) is 4.44. The summed E-state index contributed by atoms with van der Waals surface area (Å²) in [5, 5.41) is 0.615. The fourth-order valence-corrected chi connectivity index (χ4v) is 3.42. The molecule has 1 unspecified atom stereocenters. The number of halogens is 1. The van der Waals surface area contributed by atoms with Gasteiger partial charge in [-0.1, -0.05) is 11.6 Å². The highest BCUT2D eigenvalue weighted by Gasteiger charge is 2.37. The second-order valence-corrected chi connectivity index (χ2v) is 7.44. The minimum atomic E-state index is -0.360. The summed E-state index contributed by atoms with van der Waals surface area (Å²) in [6.07, 6.45) is 4.26. The first-order valence-electron chi connectivity index (χ1n) is 8.77. The minimum Gasteiger partial charge on any atom is -0.443 e. The molecule has 1 atom stereocenters. The molecule has 0 N–H and O–H groups in total. The fourth-order valence-electron chi connectivity index (χ4n) is 3.29. The summed E-state index contributed by atoms with van der Waals surface area (Å²) in [5.41, 5.74) is 0.763. The van der Waals surface area contributed by atoms with Crippen LogP contribution in [0.1, 0.15) is 36.8 Å². The number of benzene rings is 1. The monoisotopic (exact) mass is 373 g/mol. The van der Waals surface area contributed by atoms with Gasteiger partial charge in [-0.3, -0.25) is 9.59 Å². The molecule has 6 nitrogen and oxygen atoms in total. The van der Waals surface area contributed by atoms with Gasteiger partial charge in [0.05, 0.1) is 18.7 Å². The molecule has 2 aromatic rings. The highest BCUT2D eigenvalue weighted by molar-refractivity contribution is 6.30. The number of hydrogen-bond donors (Lipinski definition) is 0. The van der Waals surface area contributed by atoms with Crippen molar-refractivity contribution in [1.82, 2.24) is 9.88 Å². The predicted octanol–water partition coefficient (Wildman–Crippen LogP) is 3.22. The number of aromatic nitrogens is 1. The number of carbonyl (C=O) groups is 2. The van der Waals surface area contributed by atoms with Crippen LogP contribution in [0.5, 0.6) is 0 Å². The van der Waals surface area contributed by atoms with E-state index in [0.29, 0.717) is 29.9 Å². The lowest BCUT2D eigenvalue weighted by Gasteiger charge is -2.20. The molecule has 0 spiro atoms. The van der Waals surface area contributed by atoms with Gasteiger partial charge in [-0.2, -0.15) is 0 Å². The van der Waals surface area contributed by atoms with E-state index in [2.05, 4.69) is 4.98 Å². The van der Waals surface area contributed by atoms with Gasteiger partial charge in [0.2, 0.25) is 17.7 Å². The van der Waals surface area contributed by atoms with Gasteiger partial charge in [-0.05, 0) is 37.1 Å². The van der Waals surface area contributed by atoms with Gasteiger partial charge in [-0.15, -0.1) is 0 Å². The van der Waals surface area contributed by atoms with Crippen molar-refractivity contribution in [3.63, 3.8) is 0 Å². The van der Waals surface area contributed by atoms with E-state index in [4.69, 9.17) is 16.0 Å². The molecule has 1 aromatic carbocycles. The van der Waals surface area contributed by atoms with E-state index in [1.165, 1.54) is 0 Å². The number of carbonyl (C=O) groups excluding carboxylic acids is 2. The maximum absolute atomic E-state index is 12.7. The quantitative estimate of drug-likeness (QED) is 0.807.